The van der Waals surface area contributed by atoms with Gasteiger partial charge in [0.25, 0.3) is 6.43 Å². The topological polar surface area (TPSA) is 12.9 Å². The Hall–Kier alpha value is -1.00. The van der Waals surface area contributed by atoms with E-state index in [-0.39, 0.29) is 4.88 Å². The van der Waals surface area contributed by atoms with E-state index < -0.39 is 6.43 Å². The zero-order valence-electron chi connectivity index (χ0n) is 9.08. The van der Waals surface area contributed by atoms with Crippen molar-refractivity contribution in [2.45, 2.75) is 19.2 Å². The Morgan fingerprint density at radius 1 is 1.41 bits per heavy atom. The van der Waals surface area contributed by atoms with E-state index in [1.165, 1.54) is 6.07 Å². The van der Waals surface area contributed by atoms with Crippen molar-refractivity contribution in [1.29, 1.82) is 0 Å². The van der Waals surface area contributed by atoms with E-state index in [0.717, 1.165) is 33.0 Å². The molecule has 0 aliphatic rings. The van der Waals surface area contributed by atoms with Crippen LogP contribution in [0.3, 0.4) is 0 Å². The SMILES string of the molecule is Cc1ncc(-c2ccc(C(F)F)s2)cc1CCl. The first-order valence-corrected chi connectivity index (χ1v) is 6.36. The highest BCUT2D eigenvalue weighted by atomic mass is 35.5. The average molecular weight is 274 g/mol. The largest absolute Gasteiger partial charge is 0.272 e. The number of halogens is 3. The van der Waals surface area contributed by atoms with Gasteiger partial charge in [0.15, 0.2) is 0 Å². The number of hydrogen-bond donors (Lipinski definition) is 0. The molecule has 0 amide bonds. The molecule has 2 aromatic rings. The maximum absolute atomic E-state index is 12.5. The molecule has 0 N–H and O–H groups in total. The fourth-order valence-corrected chi connectivity index (χ4v) is 2.59. The lowest BCUT2D eigenvalue weighted by atomic mass is 10.1. The summed E-state index contributed by atoms with van der Waals surface area (Å²) in [6.07, 6.45) is -0.730. The molecular weight excluding hydrogens is 264 g/mol. The molecule has 0 fully saturated rings. The minimum atomic E-state index is -2.42. The summed E-state index contributed by atoms with van der Waals surface area (Å²) in [4.78, 5) is 5.08. The maximum atomic E-state index is 12.5. The Morgan fingerprint density at radius 2 is 2.18 bits per heavy atom. The summed E-state index contributed by atoms with van der Waals surface area (Å²) in [5, 5.41) is 0. The number of rotatable bonds is 3. The van der Waals surface area contributed by atoms with Crippen LogP contribution in [0.25, 0.3) is 10.4 Å². The quantitative estimate of drug-likeness (QED) is 0.733. The van der Waals surface area contributed by atoms with Crippen LogP contribution in [-0.4, -0.2) is 4.98 Å². The minimum absolute atomic E-state index is 0.0769. The molecule has 0 spiro atoms. The van der Waals surface area contributed by atoms with Crippen molar-refractivity contribution in [2.75, 3.05) is 0 Å². The van der Waals surface area contributed by atoms with E-state index in [4.69, 9.17) is 11.6 Å². The van der Waals surface area contributed by atoms with E-state index in [9.17, 15) is 8.78 Å². The molecule has 2 rings (SSSR count). The van der Waals surface area contributed by atoms with Crippen LogP contribution < -0.4 is 0 Å². The summed E-state index contributed by atoms with van der Waals surface area (Å²) in [5.74, 6) is 0.375. The van der Waals surface area contributed by atoms with Crippen LogP contribution in [0, 0.1) is 6.92 Å². The summed E-state index contributed by atoms with van der Waals surface area (Å²) >= 11 is 6.88. The number of nitrogens with zero attached hydrogens (tertiary/aromatic N) is 1. The van der Waals surface area contributed by atoms with Crippen molar-refractivity contribution in [2.24, 2.45) is 0 Å². The van der Waals surface area contributed by atoms with Crippen molar-refractivity contribution in [3.8, 4) is 10.4 Å². The number of pyridine rings is 1. The van der Waals surface area contributed by atoms with Crippen LogP contribution in [0.5, 0.6) is 0 Å². The molecule has 0 radical (unpaired) electrons. The Bertz CT molecular complexity index is 525. The van der Waals surface area contributed by atoms with Crippen LogP contribution in [0.1, 0.15) is 22.6 Å². The summed E-state index contributed by atoms with van der Waals surface area (Å²) in [6, 6.07) is 5.04. The number of thiophene rings is 1. The molecule has 90 valence electrons. The van der Waals surface area contributed by atoms with E-state index >= 15 is 0 Å². The molecule has 0 aliphatic heterocycles. The van der Waals surface area contributed by atoms with Crippen LogP contribution in [-0.2, 0) is 5.88 Å². The van der Waals surface area contributed by atoms with Crippen molar-refractivity contribution < 1.29 is 8.78 Å². The second-order valence-corrected chi connectivity index (χ2v) is 4.99. The normalized spacial score (nSPS) is 11.1. The van der Waals surface area contributed by atoms with Crippen molar-refractivity contribution in [3.63, 3.8) is 0 Å². The lowest BCUT2D eigenvalue weighted by Gasteiger charge is -2.03. The smallest absolute Gasteiger partial charge is 0.261 e. The molecule has 0 aliphatic carbocycles. The van der Waals surface area contributed by atoms with Gasteiger partial charge in [0.05, 0.1) is 4.88 Å². The van der Waals surface area contributed by atoms with Gasteiger partial charge >= 0.3 is 0 Å². The highest BCUT2D eigenvalue weighted by molar-refractivity contribution is 7.15. The van der Waals surface area contributed by atoms with Gasteiger partial charge in [-0.15, -0.1) is 22.9 Å². The van der Waals surface area contributed by atoms with Gasteiger partial charge in [-0.25, -0.2) is 8.78 Å². The Balaban J connectivity index is 2.38. The van der Waals surface area contributed by atoms with Crippen LogP contribution >= 0.6 is 22.9 Å². The molecule has 0 saturated heterocycles. The molecule has 1 nitrogen and oxygen atoms in total. The summed E-state index contributed by atoms with van der Waals surface area (Å²) < 4.78 is 25.0. The highest BCUT2D eigenvalue weighted by Gasteiger charge is 2.12. The molecule has 17 heavy (non-hydrogen) atoms. The number of aromatic nitrogens is 1. The number of alkyl halides is 3. The molecule has 2 aromatic heterocycles. The van der Waals surface area contributed by atoms with Gasteiger partial charge in [-0.05, 0) is 30.7 Å². The van der Waals surface area contributed by atoms with Gasteiger partial charge in [-0.1, -0.05) is 0 Å². The van der Waals surface area contributed by atoms with Crippen molar-refractivity contribution in [1.82, 2.24) is 4.98 Å². The van der Waals surface area contributed by atoms with Crippen LogP contribution in [0.15, 0.2) is 24.4 Å². The van der Waals surface area contributed by atoms with Crippen LogP contribution in [0.4, 0.5) is 8.78 Å². The first kappa shape index (κ1) is 12.5. The van der Waals surface area contributed by atoms with E-state index in [1.807, 2.05) is 13.0 Å². The summed E-state index contributed by atoms with van der Waals surface area (Å²) in [5.41, 5.74) is 2.63. The lowest BCUT2D eigenvalue weighted by Crippen LogP contribution is -1.89. The monoisotopic (exact) mass is 273 g/mol. The maximum Gasteiger partial charge on any atom is 0.272 e. The Kier molecular flexibility index (Phi) is 3.74. The van der Waals surface area contributed by atoms with Gasteiger partial charge in [-0.2, -0.15) is 0 Å². The predicted molar refractivity (Wildman–Crippen MR) is 66.8 cm³/mol. The molecular formula is C12H10ClF2NS. The van der Waals surface area contributed by atoms with Gasteiger partial charge in [-0.3, -0.25) is 4.98 Å². The Labute approximate surface area is 107 Å². The van der Waals surface area contributed by atoms with Crippen molar-refractivity contribution >= 4 is 22.9 Å². The molecule has 0 bridgehead atoms. The molecule has 0 unspecified atom stereocenters. The van der Waals surface area contributed by atoms with E-state index in [1.54, 1.807) is 12.3 Å². The van der Waals surface area contributed by atoms with Gasteiger partial charge in [0, 0.05) is 28.2 Å². The third kappa shape index (κ3) is 2.64. The van der Waals surface area contributed by atoms with E-state index in [2.05, 4.69) is 4.98 Å². The molecule has 5 heteroatoms. The fourth-order valence-electron chi connectivity index (χ4n) is 1.47. The lowest BCUT2D eigenvalue weighted by molar-refractivity contribution is 0.155. The fraction of sp³-hybridized carbons (Fsp3) is 0.250. The molecule has 2 heterocycles. The third-order valence-corrected chi connectivity index (χ3v) is 3.89. The molecule has 0 atom stereocenters. The zero-order valence-corrected chi connectivity index (χ0v) is 10.7. The molecule has 0 saturated carbocycles. The Morgan fingerprint density at radius 3 is 2.76 bits per heavy atom. The summed E-state index contributed by atoms with van der Waals surface area (Å²) in [6.45, 7) is 1.88. The zero-order chi connectivity index (χ0) is 12.4. The standard InChI is InChI=1S/C12H10ClF2NS/c1-7-8(5-13)4-9(6-16-7)10-2-3-11(17-10)12(14)15/h2-4,6,12H,5H2,1H3. The second kappa shape index (κ2) is 5.10. The third-order valence-electron chi connectivity index (χ3n) is 2.46. The van der Waals surface area contributed by atoms with Crippen LogP contribution in [0.2, 0.25) is 0 Å². The number of hydrogen-bond acceptors (Lipinski definition) is 2. The van der Waals surface area contributed by atoms with Gasteiger partial charge in [0.1, 0.15) is 0 Å². The van der Waals surface area contributed by atoms with Gasteiger partial charge in [0.2, 0.25) is 0 Å². The van der Waals surface area contributed by atoms with Gasteiger partial charge < -0.3 is 0 Å². The second-order valence-electron chi connectivity index (χ2n) is 3.60. The first-order valence-electron chi connectivity index (χ1n) is 5.01. The molecule has 0 aromatic carbocycles. The van der Waals surface area contributed by atoms with Crippen molar-refractivity contribution in [3.05, 3.63) is 40.5 Å². The minimum Gasteiger partial charge on any atom is -0.261 e. The average Bonchev–Trinajstić information content (AvgIpc) is 2.79. The number of aryl methyl sites for hydroxylation is 1. The summed E-state index contributed by atoms with van der Waals surface area (Å²) in [7, 11) is 0. The predicted octanol–water partition coefficient (Wildman–Crippen LogP) is 4.79. The van der Waals surface area contributed by atoms with E-state index in [0.29, 0.717) is 5.88 Å². The first-order chi connectivity index (χ1) is 8.11. The highest BCUT2D eigenvalue weighted by Crippen LogP contribution is 2.33.